The maximum Gasteiger partial charge on any atom is 0.307 e. The number of rotatable bonds is 4. The molecule has 2 heterocycles. The topological polar surface area (TPSA) is 59.8 Å². The first-order chi connectivity index (χ1) is 11.2. The molecule has 0 radical (unpaired) electrons. The summed E-state index contributed by atoms with van der Waals surface area (Å²) in [6, 6.07) is 7.41. The Bertz CT molecular complexity index is 706. The van der Waals surface area contributed by atoms with E-state index < -0.39 is 0 Å². The van der Waals surface area contributed by atoms with Crippen LogP contribution in [0.3, 0.4) is 0 Å². The highest BCUT2D eigenvalue weighted by Gasteiger charge is 2.31. The number of carbonyl (C=O) groups is 2. The number of likely N-dealkylation sites (tertiary alicyclic amines) is 1. The van der Waals surface area contributed by atoms with E-state index in [9.17, 15) is 9.59 Å². The minimum Gasteiger partial charge on any atom is -0.466 e. The van der Waals surface area contributed by atoms with E-state index in [1.807, 2.05) is 24.3 Å². The van der Waals surface area contributed by atoms with Gasteiger partial charge < -0.3 is 14.1 Å². The molecule has 0 N–H and O–H groups in total. The molecule has 0 unspecified atom stereocenters. The number of fused-ring (bicyclic) bond motifs is 1. The van der Waals surface area contributed by atoms with Crippen molar-refractivity contribution in [3.63, 3.8) is 0 Å². The molecule has 1 atom stereocenters. The Kier molecular flexibility index (Phi) is 4.65. The summed E-state index contributed by atoms with van der Waals surface area (Å²) in [5, 5.41) is 0.818. The molecule has 0 bridgehead atoms. The van der Waals surface area contributed by atoms with Crippen LogP contribution in [0.15, 0.2) is 34.9 Å². The number of benzene rings is 1. The summed E-state index contributed by atoms with van der Waals surface area (Å²) in [6.07, 6.45) is 4.60. The van der Waals surface area contributed by atoms with Gasteiger partial charge in [0.05, 0.1) is 18.6 Å². The number of esters is 1. The van der Waals surface area contributed by atoms with Crippen LogP contribution < -0.4 is 0 Å². The van der Waals surface area contributed by atoms with Crippen molar-refractivity contribution in [3.8, 4) is 0 Å². The second-order valence-electron chi connectivity index (χ2n) is 5.80. The average Bonchev–Trinajstić information content (AvgIpc) is 2.99. The van der Waals surface area contributed by atoms with Crippen molar-refractivity contribution in [2.24, 2.45) is 0 Å². The van der Waals surface area contributed by atoms with Gasteiger partial charge in [0.25, 0.3) is 5.91 Å². The van der Waals surface area contributed by atoms with Gasteiger partial charge >= 0.3 is 5.97 Å². The van der Waals surface area contributed by atoms with Crippen LogP contribution in [-0.2, 0) is 9.53 Å². The Morgan fingerprint density at radius 1 is 1.30 bits per heavy atom. The zero-order chi connectivity index (χ0) is 16.2. The lowest BCUT2D eigenvalue weighted by molar-refractivity contribution is -0.144. The number of ether oxygens (including phenoxy) is 1. The number of piperidine rings is 1. The van der Waals surface area contributed by atoms with Gasteiger partial charge in [-0.05, 0) is 32.3 Å². The lowest BCUT2D eigenvalue weighted by Gasteiger charge is -2.35. The first-order valence-electron chi connectivity index (χ1n) is 8.13. The molecule has 2 aromatic rings. The van der Waals surface area contributed by atoms with Gasteiger partial charge in [0.2, 0.25) is 0 Å². The minimum absolute atomic E-state index is 0.0658. The Morgan fingerprint density at radius 3 is 2.96 bits per heavy atom. The number of amides is 1. The van der Waals surface area contributed by atoms with E-state index in [0.29, 0.717) is 24.3 Å². The van der Waals surface area contributed by atoms with E-state index in [1.54, 1.807) is 11.8 Å². The van der Waals surface area contributed by atoms with Crippen molar-refractivity contribution in [2.45, 2.75) is 38.6 Å². The summed E-state index contributed by atoms with van der Waals surface area (Å²) in [6.45, 7) is 2.83. The summed E-state index contributed by atoms with van der Waals surface area (Å²) >= 11 is 0. The van der Waals surface area contributed by atoms with E-state index >= 15 is 0 Å². The number of para-hydroxylation sites is 1. The number of nitrogens with zero attached hydrogens (tertiary/aromatic N) is 1. The zero-order valence-electron chi connectivity index (χ0n) is 13.3. The van der Waals surface area contributed by atoms with Gasteiger partial charge in [-0.25, -0.2) is 0 Å². The SMILES string of the molecule is CCOC(=O)C[C@@H]1CCCCN1C(=O)c1coc2ccccc12. The van der Waals surface area contributed by atoms with Gasteiger partial charge in [0.1, 0.15) is 11.8 Å². The third kappa shape index (κ3) is 3.23. The van der Waals surface area contributed by atoms with Gasteiger partial charge in [-0.15, -0.1) is 0 Å². The van der Waals surface area contributed by atoms with E-state index in [1.165, 1.54) is 6.26 Å². The maximum atomic E-state index is 12.9. The van der Waals surface area contributed by atoms with Crippen LogP contribution in [0.2, 0.25) is 0 Å². The van der Waals surface area contributed by atoms with Crippen molar-refractivity contribution in [1.29, 1.82) is 0 Å². The zero-order valence-corrected chi connectivity index (χ0v) is 13.3. The third-order valence-corrected chi connectivity index (χ3v) is 4.31. The average molecular weight is 315 g/mol. The summed E-state index contributed by atoms with van der Waals surface area (Å²) in [4.78, 5) is 26.5. The molecule has 0 spiro atoms. The Labute approximate surface area is 135 Å². The Hall–Kier alpha value is -2.30. The first kappa shape index (κ1) is 15.6. The van der Waals surface area contributed by atoms with Gasteiger partial charge in [-0.1, -0.05) is 18.2 Å². The molecule has 23 heavy (non-hydrogen) atoms. The lowest BCUT2D eigenvalue weighted by Crippen LogP contribution is -2.44. The van der Waals surface area contributed by atoms with Gasteiger partial charge in [0, 0.05) is 18.0 Å². The highest BCUT2D eigenvalue weighted by Crippen LogP contribution is 2.27. The van der Waals surface area contributed by atoms with E-state index in [2.05, 4.69) is 0 Å². The van der Waals surface area contributed by atoms with Crippen molar-refractivity contribution in [3.05, 3.63) is 36.1 Å². The fourth-order valence-corrected chi connectivity index (χ4v) is 3.19. The molecule has 1 aromatic carbocycles. The lowest BCUT2D eigenvalue weighted by atomic mass is 9.98. The normalized spacial score (nSPS) is 18.1. The summed E-state index contributed by atoms with van der Waals surface area (Å²) in [5.41, 5.74) is 1.27. The largest absolute Gasteiger partial charge is 0.466 e. The van der Waals surface area contributed by atoms with Crippen LogP contribution >= 0.6 is 0 Å². The molecule has 1 aromatic heterocycles. The molecule has 122 valence electrons. The molecule has 0 aliphatic carbocycles. The molecule has 3 rings (SSSR count). The van der Waals surface area contributed by atoms with Crippen molar-refractivity contribution in [2.75, 3.05) is 13.2 Å². The van der Waals surface area contributed by atoms with E-state index in [4.69, 9.17) is 9.15 Å². The van der Waals surface area contributed by atoms with Gasteiger partial charge in [-0.2, -0.15) is 0 Å². The molecule has 1 amide bonds. The molecule has 0 saturated carbocycles. The quantitative estimate of drug-likeness (QED) is 0.812. The predicted molar refractivity (Wildman–Crippen MR) is 86.1 cm³/mol. The summed E-state index contributed by atoms with van der Waals surface area (Å²) in [7, 11) is 0. The molecule has 1 aliphatic heterocycles. The number of hydrogen-bond acceptors (Lipinski definition) is 4. The fourth-order valence-electron chi connectivity index (χ4n) is 3.19. The van der Waals surface area contributed by atoms with E-state index in [0.717, 1.165) is 24.6 Å². The summed E-state index contributed by atoms with van der Waals surface area (Å²) in [5.74, 6) is -0.307. The minimum atomic E-state index is -0.241. The third-order valence-electron chi connectivity index (χ3n) is 4.31. The van der Waals surface area contributed by atoms with Crippen LogP contribution in [0.5, 0.6) is 0 Å². The molecular weight excluding hydrogens is 294 g/mol. The number of hydrogen-bond donors (Lipinski definition) is 0. The fraction of sp³-hybridized carbons (Fsp3) is 0.444. The highest BCUT2D eigenvalue weighted by molar-refractivity contribution is 6.06. The maximum absolute atomic E-state index is 12.9. The molecule has 1 fully saturated rings. The molecule has 1 aliphatic rings. The number of carbonyl (C=O) groups excluding carboxylic acids is 2. The predicted octanol–water partition coefficient (Wildman–Crippen LogP) is 3.38. The molecule has 5 heteroatoms. The Morgan fingerprint density at radius 2 is 2.13 bits per heavy atom. The molecular formula is C18H21NO4. The van der Waals surface area contributed by atoms with Gasteiger partial charge in [0.15, 0.2) is 0 Å². The monoisotopic (exact) mass is 315 g/mol. The second kappa shape index (κ2) is 6.86. The second-order valence-corrected chi connectivity index (χ2v) is 5.80. The molecule has 1 saturated heterocycles. The van der Waals surface area contributed by atoms with Gasteiger partial charge in [-0.3, -0.25) is 9.59 Å². The van der Waals surface area contributed by atoms with Crippen molar-refractivity contribution >= 4 is 22.8 Å². The molecule has 5 nitrogen and oxygen atoms in total. The van der Waals surface area contributed by atoms with Crippen LogP contribution in [0, 0.1) is 0 Å². The first-order valence-corrected chi connectivity index (χ1v) is 8.13. The van der Waals surface area contributed by atoms with Crippen LogP contribution in [0.1, 0.15) is 43.0 Å². The van der Waals surface area contributed by atoms with Crippen LogP contribution in [0.25, 0.3) is 11.0 Å². The highest BCUT2D eigenvalue weighted by atomic mass is 16.5. The van der Waals surface area contributed by atoms with Crippen molar-refractivity contribution < 1.29 is 18.7 Å². The van der Waals surface area contributed by atoms with E-state index in [-0.39, 0.29) is 24.3 Å². The Balaban J connectivity index is 1.82. The van der Waals surface area contributed by atoms with Crippen LogP contribution in [-0.4, -0.2) is 36.0 Å². The van der Waals surface area contributed by atoms with Crippen molar-refractivity contribution in [1.82, 2.24) is 4.90 Å². The smallest absolute Gasteiger partial charge is 0.307 e. The summed E-state index contributed by atoms with van der Waals surface area (Å²) < 4.78 is 10.5. The van der Waals surface area contributed by atoms with Crippen LogP contribution in [0.4, 0.5) is 0 Å². The standard InChI is InChI=1S/C18H21NO4/c1-2-22-17(20)11-13-7-5-6-10-19(13)18(21)15-12-23-16-9-4-3-8-14(15)16/h3-4,8-9,12-13H,2,5-7,10-11H2,1H3/t13-/m0/s1. The number of furan rings is 1.